The SMILES string of the molecule is CCCCCN(C)S(=O)(=O)c1cc(N)c(C)cc1F. The minimum Gasteiger partial charge on any atom is -0.398 e. The van der Waals surface area contributed by atoms with Gasteiger partial charge in [-0.3, -0.25) is 0 Å². The molecule has 6 heteroatoms. The van der Waals surface area contributed by atoms with E-state index in [0.29, 0.717) is 12.1 Å². The van der Waals surface area contributed by atoms with Gasteiger partial charge < -0.3 is 5.73 Å². The van der Waals surface area contributed by atoms with Crippen molar-refractivity contribution >= 4 is 15.7 Å². The summed E-state index contributed by atoms with van der Waals surface area (Å²) in [4.78, 5) is -0.352. The molecule has 1 aromatic rings. The van der Waals surface area contributed by atoms with Gasteiger partial charge >= 0.3 is 0 Å². The Balaban J connectivity index is 3.03. The first kappa shape index (κ1) is 15.9. The molecule has 1 rings (SSSR count). The molecule has 0 saturated carbocycles. The molecule has 0 fully saturated rings. The van der Waals surface area contributed by atoms with Gasteiger partial charge in [0.1, 0.15) is 10.7 Å². The van der Waals surface area contributed by atoms with Crippen LogP contribution in [0.1, 0.15) is 31.7 Å². The standard InChI is InChI=1S/C13H21FN2O2S/c1-4-5-6-7-16(3)19(17,18)13-9-12(15)10(2)8-11(13)14/h8-9H,4-7,15H2,1-3H3. The molecule has 19 heavy (non-hydrogen) atoms. The number of halogens is 1. The van der Waals surface area contributed by atoms with Crippen LogP contribution in [0, 0.1) is 12.7 Å². The molecule has 1 aromatic carbocycles. The van der Waals surface area contributed by atoms with E-state index < -0.39 is 15.8 Å². The van der Waals surface area contributed by atoms with Gasteiger partial charge in [-0.25, -0.2) is 17.1 Å². The summed E-state index contributed by atoms with van der Waals surface area (Å²) in [6.45, 7) is 4.05. The molecule has 0 aliphatic carbocycles. The average molecular weight is 288 g/mol. The Morgan fingerprint density at radius 1 is 1.32 bits per heavy atom. The molecule has 0 spiro atoms. The third-order valence-electron chi connectivity index (χ3n) is 3.09. The summed E-state index contributed by atoms with van der Waals surface area (Å²) < 4.78 is 39.5. The summed E-state index contributed by atoms with van der Waals surface area (Å²) in [6.07, 6.45) is 2.70. The van der Waals surface area contributed by atoms with Gasteiger partial charge in [0, 0.05) is 19.3 Å². The van der Waals surface area contributed by atoms with Crippen molar-refractivity contribution in [1.29, 1.82) is 0 Å². The van der Waals surface area contributed by atoms with Crippen molar-refractivity contribution in [3.05, 3.63) is 23.5 Å². The summed E-state index contributed by atoms with van der Waals surface area (Å²) in [5.74, 6) is -0.756. The number of nitrogens with two attached hydrogens (primary N) is 1. The second kappa shape index (κ2) is 6.34. The molecule has 4 nitrogen and oxygen atoms in total. The number of rotatable bonds is 6. The van der Waals surface area contributed by atoms with Gasteiger partial charge in [-0.1, -0.05) is 19.8 Å². The van der Waals surface area contributed by atoms with Crippen LogP contribution in [0.4, 0.5) is 10.1 Å². The zero-order valence-corrected chi connectivity index (χ0v) is 12.4. The van der Waals surface area contributed by atoms with Gasteiger partial charge in [-0.05, 0) is 31.0 Å². The smallest absolute Gasteiger partial charge is 0.245 e. The van der Waals surface area contributed by atoms with Gasteiger partial charge in [0.2, 0.25) is 10.0 Å². The normalized spacial score (nSPS) is 12.1. The average Bonchev–Trinajstić information content (AvgIpc) is 2.33. The fourth-order valence-electron chi connectivity index (χ4n) is 1.74. The molecule has 0 aliphatic heterocycles. The molecule has 0 aromatic heterocycles. The Kier molecular flexibility index (Phi) is 5.31. The van der Waals surface area contributed by atoms with Crippen molar-refractivity contribution in [1.82, 2.24) is 4.31 Å². The summed E-state index contributed by atoms with van der Waals surface area (Å²) in [7, 11) is -2.35. The number of benzene rings is 1. The van der Waals surface area contributed by atoms with E-state index in [1.54, 1.807) is 6.92 Å². The van der Waals surface area contributed by atoms with Crippen LogP contribution in [0.2, 0.25) is 0 Å². The highest BCUT2D eigenvalue weighted by molar-refractivity contribution is 7.89. The number of hydrogen-bond acceptors (Lipinski definition) is 3. The molecule has 0 radical (unpaired) electrons. The van der Waals surface area contributed by atoms with Crippen molar-refractivity contribution in [2.75, 3.05) is 19.3 Å². The number of sulfonamides is 1. The summed E-state index contributed by atoms with van der Waals surface area (Å²) in [6, 6.07) is 2.35. The second-order valence-electron chi connectivity index (χ2n) is 4.67. The lowest BCUT2D eigenvalue weighted by Gasteiger charge is -2.18. The van der Waals surface area contributed by atoms with E-state index in [2.05, 4.69) is 0 Å². The van der Waals surface area contributed by atoms with Crippen LogP contribution in [0.25, 0.3) is 0 Å². The molecule has 2 N–H and O–H groups in total. The minimum absolute atomic E-state index is 0.280. The van der Waals surface area contributed by atoms with E-state index in [1.807, 2.05) is 6.92 Å². The largest absolute Gasteiger partial charge is 0.398 e. The Bertz CT molecular complexity index is 544. The van der Waals surface area contributed by atoms with Crippen LogP contribution < -0.4 is 5.73 Å². The van der Waals surface area contributed by atoms with Crippen molar-refractivity contribution in [3.8, 4) is 0 Å². The summed E-state index contributed by atoms with van der Waals surface area (Å²) in [5.41, 5.74) is 6.47. The molecule has 0 atom stereocenters. The topological polar surface area (TPSA) is 63.4 Å². The zero-order valence-electron chi connectivity index (χ0n) is 11.6. The Morgan fingerprint density at radius 2 is 1.95 bits per heavy atom. The van der Waals surface area contributed by atoms with Crippen LogP contribution >= 0.6 is 0 Å². The molecule has 0 unspecified atom stereocenters. The van der Waals surface area contributed by atoms with Crippen LogP contribution in [0.5, 0.6) is 0 Å². The van der Waals surface area contributed by atoms with Gasteiger partial charge in [0.05, 0.1) is 0 Å². The lowest BCUT2D eigenvalue weighted by Crippen LogP contribution is -2.28. The van der Waals surface area contributed by atoms with Crippen LogP contribution in [0.15, 0.2) is 17.0 Å². The van der Waals surface area contributed by atoms with Gasteiger partial charge in [-0.15, -0.1) is 0 Å². The third kappa shape index (κ3) is 3.67. The molecular weight excluding hydrogens is 267 g/mol. The lowest BCUT2D eigenvalue weighted by molar-refractivity contribution is 0.449. The van der Waals surface area contributed by atoms with Crippen LogP contribution in [-0.2, 0) is 10.0 Å². The molecular formula is C13H21FN2O2S. The molecule has 108 valence electrons. The number of nitrogen functional groups attached to an aromatic ring is 1. The monoisotopic (exact) mass is 288 g/mol. The third-order valence-corrected chi connectivity index (χ3v) is 4.96. The predicted octanol–water partition coefficient (Wildman–Crippen LogP) is 2.53. The maximum Gasteiger partial charge on any atom is 0.245 e. The van der Waals surface area contributed by atoms with E-state index in [4.69, 9.17) is 5.73 Å². The number of nitrogens with zero attached hydrogens (tertiary/aromatic N) is 1. The fourth-order valence-corrected chi connectivity index (χ4v) is 3.03. The Hall–Kier alpha value is -1.14. The highest BCUT2D eigenvalue weighted by atomic mass is 32.2. The first-order valence-corrected chi connectivity index (χ1v) is 7.76. The second-order valence-corrected chi connectivity index (χ2v) is 6.69. The lowest BCUT2D eigenvalue weighted by atomic mass is 10.2. The van der Waals surface area contributed by atoms with Crippen molar-refractivity contribution in [3.63, 3.8) is 0 Å². The summed E-state index contributed by atoms with van der Waals surface area (Å²) >= 11 is 0. The zero-order chi connectivity index (χ0) is 14.6. The Labute approximate surface area is 114 Å². The quantitative estimate of drug-likeness (QED) is 0.646. The van der Waals surface area contributed by atoms with Crippen molar-refractivity contribution in [2.45, 2.75) is 38.0 Å². The van der Waals surface area contributed by atoms with E-state index in [0.717, 1.165) is 25.3 Å². The molecule has 0 bridgehead atoms. The van der Waals surface area contributed by atoms with E-state index >= 15 is 0 Å². The maximum absolute atomic E-state index is 13.8. The number of hydrogen-bond donors (Lipinski definition) is 1. The van der Waals surface area contributed by atoms with Gasteiger partial charge in [-0.2, -0.15) is 0 Å². The van der Waals surface area contributed by atoms with Crippen molar-refractivity contribution < 1.29 is 12.8 Å². The number of unbranched alkanes of at least 4 members (excludes halogenated alkanes) is 2. The van der Waals surface area contributed by atoms with E-state index in [-0.39, 0.29) is 10.6 Å². The Morgan fingerprint density at radius 3 is 2.53 bits per heavy atom. The van der Waals surface area contributed by atoms with Gasteiger partial charge in [0.25, 0.3) is 0 Å². The molecule has 0 heterocycles. The highest BCUT2D eigenvalue weighted by Gasteiger charge is 2.24. The van der Waals surface area contributed by atoms with Crippen molar-refractivity contribution in [2.24, 2.45) is 0 Å². The van der Waals surface area contributed by atoms with Crippen LogP contribution in [0.3, 0.4) is 0 Å². The first-order valence-electron chi connectivity index (χ1n) is 6.32. The highest BCUT2D eigenvalue weighted by Crippen LogP contribution is 2.24. The maximum atomic E-state index is 13.8. The van der Waals surface area contributed by atoms with Gasteiger partial charge in [0.15, 0.2) is 0 Å². The molecule has 0 amide bonds. The predicted molar refractivity (Wildman–Crippen MR) is 74.9 cm³/mol. The number of anilines is 1. The molecule has 0 aliphatic rings. The van der Waals surface area contributed by atoms with E-state index in [1.165, 1.54) is 17.4 Å². The van der Waals surface area contributed by atoms with Crippen LogP contribution in [-0.4, -0.2) is 26.3 Å². The molecule has 0 saturated heterocycles. The fraction of sp³-hybridized carbons (Fsp3) is 0.538. The minimum atomic E-state index is -3.81. The van der Waals surface area contributed by atoms with E-state index in [9.17, 15) is 12.8 Å². The number of aryl methyl sites for hydroxylation is 1. The summed E-state index contributed by atoms with van der Waals surface area (Å²) in [5, 5.41) is 0. The first-order chi connectivity index (χ1) is 8.80.